The molecule has 0 aromatic heterocycles. The number of aromatic hydroxyl groups is 1. The van der Waals surface area contributed by atoms with Gasteiger partial charge in [-0.15, -0.1) is 0 Å². The quantitative estimate of drug-likeness (QED) is 0.0466. The highest BCUT2D eigenvalue weighted by atomic mass is 31.2. The van der Waals surface area contributed by atoms with Crippen LogP contribution in [0.3, 0.4) is 0 Å². The molecule has 0 aliphatic rings. The van der Waals surface area contributed by atoms with Crippen molar-refractivity contribution in [2.45, 2.75) is 290 Å². The summed E-state index contributed by atoms with van der Waals surface area (Å²) in [7, 11) is -4.57. The van der Waals surface area contributed by atoms with Crippen LogP contribution in [0.4, 0.5) is 0 Å². The Labute approximate surface area is 350 Å². The minimum absolute atomic E-state index is 0.232. The third-order valence-electron chi connectivity index (χ3n) is 12.7. The van der Waals surface area contributed by atoms with Crippen LogP contribution in [0.25, 0.3) is 0 Å². The topological polar surface area (TPSA) is 77.8 Å². The van der Waals surface area contributed by atoms with Crippen molar-refractivity contribution in [2.24, 2.45) is 0 Å². The van der Waals surface area contributed by atoms with Crippen molar-refractivity contribution in [1.82, 2.24) is 0 Å². The maximum absolute atomic E-state index is 14.0. The molecule has 56 heavy (non-hydrogen) atoms. The molecule has 330 valence electrons. The van der Waals surface area contributed by atoms with E-state index >= 15 is 0 Å². The van der Waals surface area contributed by atoms with Gasteiger partial charge in [-0.2, -0.15) is 0 Å². The highest BCUT2D eigenvalue weighted by Gasteiger charge is 2.49. The van der Waals surface area contributed by atoms with E-state index in [2.05, 4.69) is 55.4 Å². The fraction of sp³-hybridized carbons (Fsp3) is 0.882. The van der Waals surface area contributed by atoms with E-state index in [-0.39, 0.29) is 16.6 Å². The Hall–Kier alpha value is -0.830. The average molecular weight is 805 g/mol. The molecule has 0 spiro atoms. The molecule has 5 heteroatoms. The van der Waals surface area contributed by atoms with Crippen LogP contribution in [0.5, 0.6) is 5.75 Å². The van der Waals surface area contributed by atoms with Crippen LogP contribution in [-0.2, 0) is 20.6 Å². The molecule has 0 amide bonds. The fourth-order valence-corrected chi connectivity index (χ4v) is 10.4. The third-order valence-corrected chi connectivity index (χ3v) is 14.5. The molecular formula is C51H97O4P. The molecule has 0 fully saturated rings. The molecule has 4 nitrogen and oxygen atoms in total. The number of rotatable bonds is 36. The molecular weight excluding hydrogens is 708 g/mol. The Morgan fingerprint density at radius 1 is 0.393 bits per heavy atom. The van der Waals surface area contributed by atoms with Gasteiger partial charge in [0.2, 0.25) is 0 Å². The Morgan fingerprint density at radius 3 is 0.875 bits per heavy atom. The van der Waals surface area contributed by atoms with E-state index in [1.54, 1.807) is 0 Å². The second kappa shape index (κ2) is 30.2. The van der Waals surface area contributed by atoms with Gasteiger partial charge in [-0.3, -0.25) is 4.57 Å². The lowest BCUT2D eigenvalue weighted by molar-refractivity contribution is 0.294. The number of hydrogen-bond acceptors (Lipinski definition) is 2. The van der Waals surface area contributed by atoms with E-state index in [1.807, 2.05) is 12.1 Å². The Morgan fingerprint density at radius 2 is 0.643 bits per heavy atom. The Bertz CT molecular complexity index is 1100. The van der Waals surface area contributed by atoms with Gasteiger partial charge in [0.05, 0.1) is 5.16 Å². The van der Waals surface area contributed by atoms with Crippen molar-refractivity contribution >= 4 is 7.60 Å². The normalized spacial score (nSPS) is 12.9. The molecule has 0 aliphatic carbocycles. The van der Waals surface area contributed by atoms with Crippen molar-refractivity contribution in [3.8, 4) is 5.75 Å². The molecule has 3 N–H and O–H groups in total. The molecule has 0 atom stereocenters. The molecule has 1 aromatic rings. The van der Waals surface area contributed by atoms with Gasteiger partial charge in [0.1, 0.15) is 5.75 Å². The van der Waals surface area contributed by atoms with Gasteiger partial charge >= 0.3 is 7.60 Å². The van der Waals surface area contributed by atoms with Crippen LogP contribution >= 0.6 is 7.60 Å². The summed E-state index contributed by atoms with van der Waals surface area (Å²) in [5.41, 5.74) is 1.71. The van der Waals surface area contributed by atoms with E-state index < -0.39 is 12.8 Å². The number of benzene rings is 1. The van der Waals surface area contributed by atoms with E-state index in [9.17, 15) is 19.5 Å². The maximum atomic E-state index is 14.0. The van der Waals surface area contributed by atoms with Gasteiger partial charge in [0.15, 0.2) is 0 Å². The van der Waals surface area contributed by atoms with Crippen LogP contribution in [0.1, 0.15) is 290 Å². The van der Waals surface area contributed by atoms with E-state index in [4.69, 9.17) is 0 Å². The van der Waals surface area contributed by atoms with Gasteiger partial charge in [-0.1, -0.05) is 267 Å². The highest BCUT2D eigenvalue weighted by molar-refractivity contribution is 7.53. The first kappa shape index (κ1) is 53.2. The number of phenolic OH excluding ortho intramolecular Hbond substituents is 1. The first-order valence-electron chi connectivity index (χ1n) is 24.6. The molecule has 1 aromatic carbocycles. The molecule has 0 radical (unpaired) electrons. The summed E-state index contributed by atoms with van der Waals surface area (Å²) in [5.74, 6) is 0.232. The van der Waals surface area contributed by atoms with Crippen molar-refractivity contribution < 1.29 is 19.5 Å². The number of unbranched alkanes of at least 4 members (excludes halogenated alkanes) is 30. The van der Waals surface area contributed by atoms with Crippen molar-refractivity contribution in [2.75, 3.05) is 0 Å². The van der Waals surface area contributed by atoms with Gasteiger partial charge in [0.25, 0.3) is 0 Å². The number of hydrogen-bond donors (Lipinski definition) is 3. The Balaban J connectivity index is 2.79. The van der Waals surface area contributed by atoms with E-state index in [1.165, 1.54) is 167 Å². The van der Waals surface area contributed by atoms with Gasteiger partial charge in [-0.05, 0) is 46.4 Å². The van der Waals surface area contributed by atoms with Gasteiger partial charge < -0.3 is 14.9 Å². The van der Waals surface area contributed by atoms with E-state index in [0.717, 1.165) is 55.2 Å². The lowest BCUT2D eigenvalue weighted by Crippen LogP contribution is -2.31. The summed E-state index contributed by atoms with van der Waals surface area (Å²) < 4.78 is 14.0. The predicted octanol–water partition coefficient (Wildman–Crippen LogP) is 17.7. The predicted molar refractivity (Wildman–Crippen MR) is 248 cm³/mol. The summed E-state index contributed by atoms with van der Waals surface area (Å²) in [4.78, 5) is 22.9. The van der Waals surface area contributed by atoms with Crippen LogP contribution in [0.15, 0.2) is 12.1 Å². The van der Waals surface area contributed by atoms with Gasteiger partial charge in [0, 0.05) is 0 Å². The minimum Gasteiger partial charge on any atom is -0.508 e. The number of phenols is 1. The molecule has 0 unspecified atom stereocenters. The highest BCUT2D eigenvalue weighted by Crippen LogP contribution is 2.64. The first-order valence-corrected chi connectivity index (χ1v) is 26.2. The Kier molecular flexibility index (Phi) is 28.7. The van der Waals surface area contributed by atoms with Crippen molar-refractivity contribution in [3.63, 3.8) is 0 Å². The zero-order valence-corrected chi connectivity index (χ0v) is 39.8. The second-order valence-corrected chi connectivity index (χ2v) is 22.0. The first-order chi connectivity index (χ1) is 26.6. The van der Waals surface area contributed by atoms with E-state index in [0.29, 0.717) is 12.8 Å². The zero-order chi connectivity index (χ0) is 41.8. The molecule has 0 bridgehead atoms. The molecule has 0 saturated carbocycles. The van der Waals surface area contributed by atoms with Crippen LogP contribution in [0.2, 0.25) is 0 Å². The summed E-state index contributed by atoms with van der Waals surface area (Å²) >= 11 is 0. The average Bonchev–Trinajstić information content (AvgIpc) is 3.12. The lowest BCUT2D eigenvalue weighted by atomic mass is 9.73. The van der Waals surface area contributed by atoms with Crippen LogP contribution in [0, 0.1) is 0 Å². The summed E-state index contributed by atoms with van der Waals surface area (Å²) in [6.07, 6.45) is 42.0. The minimum atomic E-state index is -4.57. The monoisotopic (exact) mass is 805 g/mol. The van der Waals surface area contributed by atoms with Crippen LogP contribution in [-0.4, -0.2) is 14.9 Å². The third kappa shape index (κ3) is 22.5. The maximum Gasteiger partial charge on any atom is 0.336 e. The van der Waals surface area contributed by atoms with Crippen molar-refractivity contribution in [3.05, 3.63) is 28.8 Å². The summed E-state index contributed by atoms with van der Waals surface area (Å²) in [6.45, 7) is 17.1. The molecule has 0 aliphatic heterocycles. The largest absolute Gasteiger partial charge is 0.508 e. The molecule has 0 saturated heterocycles. The van der Waals surface area contributed by atoms with Crippen LogP contribution < -0.4 is 0 Å². The standard InChI is InChI=1S/C51H97O4P/c1-9-11-13-15-17-19-21-23-25-27-29-31-33-35-37-39-41-51(56(53,54)55,46-43-47(50(6,7)8)48(52)44-45(46)49(3,4)5)42-40-38-36-34-32-30-28-26-24-22-20-18-16-14-12-10-2/h43-44,52H,9-42H2,1-8H3,(H2,53,54,55). The fourth-order valence-electron chi connectivity index (χ4n) is 8.97. The summed E-state index contributed by atoms with van der Waals surface area (Å²) in [6, 6.07) is 3.83. The molecule has 0 heterocycles. The molecule has 1 rings (SSSR count). The zero-order valence-electron chi connectivity index (χ0n) is 38.9. The lowest BCUT2D eigenvalue weighted by Gasteiger charge is -2.40. The van der Waals surface area contributed by atoms with Crippen molar-refractivity contribution in [1.29, 1.82) is 0 Å². The second-order valence-electron chi connectivity index (χ2n) is 20.1. The SMILES string of the molecule is CCCCCCCCCCCCCCCCCCC(CCCCCCCCCCCCCCCCCC)(c1cc(C(C)(C)C)c(O)cc1C(C)(C)C)P(=O)(O)O. The smallest absolute Gasteiger partial charge is 0.336 e. The van der Waals surface area contributed by atoms with Gasteiger partial charge in [-0.25, -0.2) is 0 Å². The summed E-state index contributed by atoms with van der Waals surface area (Å²) in [5, 5.41) is 10.00.